The van der Waals surface area contributed by atoms with Crippen LogP contribution in [-0.2, 0) is 30.3 Å². The molecule has 0 fully saturated rings. The molecule has 0 spiro atoms. The van der Waals surface area contributed by atoms with Crippen LogP contribution >= 0.6 is 11.6 Å². The Morgan fingerprint density at radius 2 is 1.64 bits per heavy atom. The number of unbranched alkanes of at least 4 members (excludes halogenated alkanes) is 3. The number of nitrogens with zero attached hydrogens (tertiary/aromatic N) is 1. The molecule has 0 bridgehead atoms. The summed E-state index contributed by atoms with van der Waals surface area (Å²) in [4.78, 5) is 38.6. The van der Waals surface area contributed by atoms with Crippen LogP contribution in [0.2, 0.25) is 5.02 Å². The molecule has 0 aliphatic rings. The molecular formula is C35H45ClN2O7. The van der Waals surface area contributed by atoms with Crippen molar-refractivity contribution in [2.45, 2.75) is 71.0 Å². The van der Waals surface area contributed by atoms with Gasteiger partial charge in [0, 0.05) is 37.0 Å². The standard InChI is InChI=1S/C35H45ClN2O7/c1-3-19-38(20-9-4-5-11-26-15-16-27-12-6-7-13-28(27)22-26)34(41)32(33(35(42)43)45-24-31(39)40)44-21-10-8-18-37-29-17-14-25(2)30(36)23-29/h6-7,12-17,22-23,32-33,37H,3-5,8-11,18-21,24H2,1-2H3,(H,39,40)(H,42,43). The molecule has 0 aliphatic heterocycles. The van der Waals surface area contributed by atoms with Gasteiger partial charge in [-0.2, -0.15) is 0 Å². The van der Waals surface area contributed by atoms with E-state index in [4.69, 9.17) is 26.2 Å². The zero-order valence-electron chi connectivity index (χ0n) is 26.2. The van der Waals surface area contributed by atoms with E-state index < -0.39 is 36.7 Å². The molecule has 0 aliphatic carbocycles. The predicted molar refractivity (Wildman–Crippen MR) is 177 cm³/mol. The third-order valence-corrected chi connectivity index (χ3v) is 7.94. The maximum atomic E-state index is 13.7. The van der Waals surface area contributed by atoms with Gasteiger partial charge < -0.3 is 29.9 Å². The number of fused-ring (bicyclic) bond motifs is 1. The second-order valence-corrected chi connectivity index (χ2v) is 11.6. The summed E-state index contributed by atoms with van der Waals surface area (Å²) >= 11 is 6.19. The molecule has 3 N–H and O–H groups in total. The second kappa shape index (κ2) is 19.0. The number of halogens is 1. The largest absolute Gasteiger partial charge is 0.480 e. The molecule has 0 heterocycles. The number of carboxylic acids is 2. The van der Waals surface area contributed by atoms with Crippen molar-refractivity contribution in [2.24, 2.45) is 0 Å². The molecular weight excluding hydrogens is 596 g/mol. The van der Waals surface area contributed by atoms with Crippen molar-refractivity contribution in [3.8, 4) is 0 Å². The average molecular weight is 641 g/mol. The highest BCUT2D eigenvalue weighted by atomic mass is 35.5. The minimum Gasteiger partial charge on any atom is -0.480 e. The van der Waals surface area contributed by atoms with E-state index in [0.717, 1.165) is 36.9 Å². The summed E-state index contributed by atoms with van der Waals surface area (Å²) in [5.74, 6) is -3.28. The Labute approximate surface area is 270 Å². The van der Waals surface area contributed by atoms with E-state index in [1.807, 2.05) is 44.2 Å². The first-order valence-corrected chi connectivity index (χ1v) is 16.0. The van der Waals surface area contributed by atoms with Gasteiger partial charge >= 0.3 is 11.9 Å². The summed E-state index contributed by atoms with van der Waals surface area (Å²) in [7, 11) is 0. The number of carboxylic acid groups (broad SMARTS) is 2. The second-order valence-electron chi connectivity index (χ2n) is 11.2. The number of nitrogens with one attached hydrogen (secondary N) is 1. The van der Waals surface area contributed by atoms with Gasteiger partial charge in [-0.1, -0.05) is 73.5 Å². The molecule has 10 heteroatoms. The number of aliphatic carboxylic acids is 2. The predicted octanol–water partition coefficient (Wildman–Crippen LogP) is 6.58. The quantitative estimate of drug-likeness (QED) is 0.111. The number of carbonyl (C=O) groups is 3. The molecule has 3 aromatic rings. The van der Waals surface area contributed by atoms with Gasteiger partial charge in [-0.25, -0.2) is 9.59 Å². The minimum absolute atomic E-state index is 0.110. The fraction of sp³-hybridized carbons (Fsp3) is 0.457. The lowest BCUT2D eigenvalue weighted by Gasteiger charge is -2.30. The topological polar surface area (TPSA) is 125 Å². The monoisotopic (exact) mass is 640 g/mol. The highest BCUT2D eigenvalue weighted by molar-refractivity contribution is 6.31. The lowest BCUT2D eigenvalue weighted by atomic mass is 10.0. The van der Waals surface area contributed by atoms with E-state index in [2.05, 4.69) is 35.6 Å². The summed E-state index contributed by atoms with van der Waals surface area (Å²) in [5, 5.41) is 25.3. The van der Waals surface area contributed by atoms with Crippen molar-refractivity contribution in [3.63, 3.8) is 0 Å². The van der Waals surface area contributed by atoms with Crippen molar-refractivity contribution >= 4 is 45.9 Å². The van der Waals surface area contributed by atoms with E-state index >= 15 is 0 Å². The molecule has 2 atom stereocenters. The number of hydrogen-bond donors (Lipinski definition) is 3. The lowest BCUT2D eigenvalue weighted by Crippen LogP contribution is -2.51. The Bertz CT molecular complexity index is 1400. The molecule has 1 amide bonds. The molecule has 0 aromatic heterocycles. The molecule has 0 saturated heterocycles. The van der Waals surface area contributed by atoms with Gasteiger partial charge in [0.25, 0.3) is 5.91 Å². The van der Waals surface area contributed by atoms with Crippen LogP contribution in [0.1, 0.15) is 56.6 Å². The van der Waals surface area contributed by atoms with Gasteiger partial charge in [0.05, 0.1) is 0 Å². The van der Waals surface area contributed by atoms with E-state index in [1.54, 1.807) is 4.90 Å². The van der Waals surface area contributed by atoms with E-state index in [1.165, 1.54) is 16.3 Å². The van der Waals surface area contributed by atoms with Crippen LogP contribution in [0.15, 0.2) is 60.7 Å². The van der Waals surface area contributed by atoms with Crippen molar-refractivity contribution in [1.82, 2.24) is 4.90 Å². The average Bonchev–Trinajstić information content (AvgIpc) is 3.02. The summed E-state index contributed by atoms with van der Waals surface area (Å²) in [5.41, 5.74) is 3.14. The highest BCUT2D eigenvalue weighted by Gasteiger charge is 2.38. The van der Waals surface area contributed by atoms with E-state index in [-0.39, 0.29) is 6.61 Å². The molecule has 244 valence electrons. The van der Waals surface area contributed by atoms with Gasteiger partial charge in [-0.15, -0.1) is 0 Å². The maximum Gasteiger partial charge on any atom is 0.336 e. The Morgan fingerprint density at radius 1 is 0.867 bits per heavy atom. The third-order valence-electron chi connectivity index (χ3n) is 7.53. The summed E-state index contributed by atoms with van der Waals surface area (Å²) in [6.07, 6.45) is 2.22. The molecule has 45 heavy (non-hydrogen) atoms. The molecule has 0 radical (unpaired) electrons. The van der Waals surface area contributed by atoms with Crippen LogP contribution < -0.4 is 5.32 Å². The first-order chi connectivity index (χ1) is 21.7. The first-order valence-electron chi connectivity index (χ1n) is 15.6. The smallest absolute Gasteiger partial charge is 0.336 e. The lowest BCUT2D eigenvalue weighted by molar-refractivity contribution is -0.176. The molecule has 3 rings (SSSR count). The Kier molecular flexibility index (Phi) is 15.1. The van der Waals surface area contributed by atoms with Crippen LogP contribution in [0, 0.1) is 6.92 Å². The van der Waals surface area contributed by atoms with Crippen molar-refractivity contribution in [1.29, 1.82) is 0 Å². The van der Waals surface area contributed by atoms with Gasteiger partial charge in [0.1, 0.15) is 6.61 Å². The Hall–Kier alpha value is -3.66. The Balaban J connectivity index is 1.55. The molecule has 2 unspecified atom stereocenters. The minimum atomic E-state index is -1.74. The zero-order chi connectivity index (χ0) is 32.6. The fourth-order valence-corrected chi connectivity index (χ4v) is 5.28. The number of hydrogen-bond acceptors (Lipinski definition) is 6. The van der Waals surface area contributed by atoms with Gasteiger partial charge in [-0.3, -0.25) is 4.79 Å². The number of benzene rings is 3. The normalized spacial score (nSPS) is 12.5. The summed E-state index contributed by atoms with van der Waals surface area (Å²) in [6.45, 7) is 4.63. The van der Waals surface area contributed by atoms with Gasteiger partial charge in [0.15, 0.2) is 12.2 Å². The van der Waals surface area contributed by atoms with Gasteiger partial charge in [-0.05, 0) is 79.5 Å². The Morgan fingerprint density at radius 3 is 2.36 bits per heavy atom. The highest BCUT2D eigenvalue weighted by Crippen LogP contribution is 2.20. The third kappa shape index (κ3) is 12.0. The molecule has 9 nitrogen and oxygen atoms in total. The number of anilines is 1. The zero-order valence-corrected chi connectivity index (χ0v) is 26.9. The van der Waals surface area contributed by atoms with Crippen LogP contribution in [0.25, 0.3) is 10.8 Å². The number of rotatable bonds is 21. The van der Waals surface area contributed by atoms with Crippen molar-refractivity contribution in [3.05, 3.63) is 76.8 Å². The fourth-order valence-electron chi connectivity index (χ4n) is 5.10. The van der Waals surface area contributed by atoms with E-state index in [9.17, 15) is 19.5 Å². The van der Waals surface area contributed by atoms with Crippen LogP contribution in [-0.4, -0.2) is 78.0 Å². The SMILES string of the molecule is CCCN(CCCCCc1ccc2ccccc2c1)C(=O)C(OCCCCNc1ccc(C)c(Cl)c1)C(OCC(=O)O)C(=O)O. The van der Waals surface area contributed by atoms with Crippen LogP contribution in [0.3, 0.4) is 0 Å². The van der Waals surface area contributed by atoms with Gasteiger partial charge in [0.2, 0.25) is 0 Å². The summed E-state index contributed by atoms with van der Waals surface area (Å²) in [6, 6.07) is 20.5. The maximum absolute atomic E-state index is 13.7. The van der Waals surface area contributed by atoms with Crippen LogP contribution in [0.5, 0.6) is 0 Å². The molecule has 3 aromatic carbocycles. The first kappa shape index (κ1) is 35.8. The van der Waals surface area contributed by atoms with Crippen molar-refractivity contribution < 1.29 is 34.1 Å². The summed E-state index contributed by atoms with van der Waals surface area (Å²) < 4.78 is 11.0. The number of aryl methyl sites for hydroxylation is 2. The number of carbonyl (C=O) groups excluding carboxylic acids is 1. The number of ether oxygens (including phenoxy) is 2. The number of amides is 1. The van der Waals surface area contributed by atoms with E-state index in [0.29, 0.717) is 43.9 Å². The molecule has 0 saturated carbocycles. The van der Waals surface area contributed by atoms with Crippen LogP contribution in [0.4, 0.5) is 5.69 Å². The van der Waals surface area contributed by atoms with Crippen molar-refractivity contribution in [2.75, 3.05) is 38.2 Å².